The molecule has 3 rings (SSSR count). The summed E-state index contributed by atoms with van der Waals surface area (Å²) in [5.41, 5.74) is 0.895. The highest BCUT2D eigenvalue weighted by molar-refractivity contribution is 9.10. The third-order valence-corrected chi connectivity index (χ3v) is 3.22. The Kier molecular flexibility index (Phi) is 3.40. The summed E-state index contributed by atoms with van der Waals surface area (Å²) in [7, 11) is 0. The highest BCUT2D eigenvalue weighted by atomic mass is 79.9. The van der Waals surface area contributed by atoms with Gasteiger partial charge in [0, 0.05) is 23.1 Å². The first-order valence-electron chi connectivity index (χ1n) is 5.75. The normalized spacial score (nSPS) is 19.9. The lowest BCUT2D eigenvalue weighted by atomic mass is 10.2. The summed E-state index contributed by atoms with van der Waals surface area (Å²) in [5.74, 6) is 1.11. The number of benzene rings is 1. The Bertz CT molecular complexity index is 538. The summed E-state index contributed by atoms with van der Waals surface area (Å²) >= 11 is 3.42. The van der Waals surface area contributed by atoms with Crippen LogP contribution in [0, 0.1) is 0 Å². The molecule has 0 spiro atoms. The minimum absolute atomic E-state index is 0.122. The summed E-state index contributed by atoms with van der Waals surface area (Å²) in [5, 5.41) is 7.22. The highest BCUT2D eigenvalue weighted by Gasteiger charge is 2.21. The molecule has 1 aromatic heterocycles. The topological polar surface area (TPSA) is 60.2 Å². The van der Waals surface area contributed by atoms with Crippen LogP contribution >= 0.6 is 15.9 Å². The third-order valence-electron chi connectivity index (χ3n) is 2.73. The van der Waals surface area contributed by atoms with Gasteiger partial charge in [-0.25, -0.2) is 0 Å². The van der Waals surface area contributed by atoms with Crippen LogP contribution in [-0.4, -0.2) is 29.8 Å². The second kappa shape index (κ2) is 5.17. The van der Waals surface area contributed by atoms with Crippen molar-refractivity contribution < 1.29 is 9.26 Å². The van der Waals surface area contributed by atoms with Crippen molar-refractivity contribution in [3.8, 4) is 11.5 Å². The van der Waals surface area contributed by atoms with Gasteiger partial charge in [-0.1, -0.05) is 27.2 Å². The molecule has 1 aliphatic rings. The molecule has 2 heterocycles. The van der Waals surface area contributed by atoms with E-state index in [2.05, 4.69) is 31.4 Å². The van der Waals surface area contributed by atoms with Gasteiger partial charge in [-0.2, -0.15) is 4.98 Å². The van der Waals surface area contributed by atoms with E-state index in [-0.39, 0.29) is 6.10 Å². The predicted molar refractivity (Wildman–Crippen MR) is 69.0 cm³/mol. The fourth-order valence-electron chi connectivity index (χ4n) is 1.84. The first kappa shape index (κ1) is 11.8. The number of rotatable bonds is 2. The van der Waals surface area contributed by atoms with Crippen LogP contribution in [-0.2, 0) is 4.74 Å². The average Bonchev–Trinajstić information content (AvgIpc) is 2.89. The second-order valence-electron chi connectivity index (χ2n) is 4.03. The van der Waals surface area contributed by atoms with Crippen LogP contribution in [0.5, 0.6) is 0 Å². The lowest BCUT2D eigenvalue weighted by Crippen LogP contribution is -2.33. The Labute approximate surface area is 113 Å². The van der Waals surface area contributed by atoms with Gasteiger partial charge in [0.15, 0.2) is 0 Å². The number of hydrogen-bond acceptors (Lipinski definition) is 5. The fraction of sp³-hybridized carbons (Fsp3) is 0.333. The van der Waals surface area contributed by atoms with Crippen LogP contribution in [0.25, 0.3) is 11.5 Å². The van der Waals surface area contributed by atoms with Gasteiger partial charge in [0.2, 0.25) is 5.82 Å². The van der Waals surface area contributed by atoms with Gasteiger partial charge in [0.1, 0.15) is 6.10 Å². The Hall–Kier alpha value is -1.24. The van der Waals surface area contributed by atoms with Crippen LogP contribution in [0.2, 0.25) is 0 Å². The SMILES string of the molecule is Brc1cccc(-c2nc(C3CNCCO3)no2)c1. The average molecular weight is 310 g/mol. The molecule has 1 N–H and O–H groups in total. The van der Waals surface area contributed by atoms with Crippen molar-refractivity contribution >= 4 is 15.9 Å². The molecule has 1 aromatic carbocycles. The number of nitrogens with one attached hydrogen (secondary N) is 1. The Morgan fingerprint density at radius 3 is 3.11 bits per heavy atom. The molecule has 0 saturated carbocycles. The van der Waals surface area contributed by atoms with Crippen molar-refractivity contribution in [1.29, 1.82) is 0 Å². The van der Waals surface area contributed by atoms with Crippen LogP contribution in [0.1, 0.15) is 11.9 Å². The molecule has 0 amide bonds. The van der Waals surface area contributed by atoms with E-state index in [0.29, 0.717) is 18.3 Å². The first-order chi connectivity index (χ1) is 8.83. The smallest absolute Gasteiger partial charge is 0.258 e. The molecular formula is C12H12BrN3O2. The summed E-state index contributed by atoms with van der Waals surface area (Å²) in [6.07, 6.45) is -0.122. The van der Waals surface area contributed by atoms with E-state index in [1.807, 2.05) is 24.3 Å². The fourth-order valence-corrected chi connectivity index (χ4v) is 2.23. The molecule has 0 radical (unpaired) electrons. The number of hydrogen-bond donors (Lipinski definition) is 1. The molecule has 1 aliphatic heterocycles. The molecular weight excluding hydrogens is 298 g/mol. The van der Waals surface area contributed by atoms with Crippen molar-refractivity contribution in [3.63, 3.8) is 0 Å². The predicted octanol–water partition coefficient (Wildman–Crippen LogP) is 2.16. The Morgan fingerprint density at radius 2 is 2.33 bits per heavy atom. The molecule has 1 atom stereocenters. The summed E-state index contributed by atoms with van der Waals surface area (Å²) < 4.78 is 11.8. The number of nitrogens with zero attached hydrogens (tertiary/aromatic N) is 2. The van der Waals surface area contributed by atoms with Crippen LogP contribution < -0.4 is 5.32 Å². The minimum Gasteiger partial charge on any atom is -0.367 e. The largest absolute Gasteiger partial charge is 0.367 e. The summed E-state index contributed by atoms with van der Waals surface area (Å²) in [6.45, 7) is 2.26. The molecule has 94 valence electrons. The van der Waals surface area contributed by atoms with E-state index in [4.69, 9.17) is 9.26 Å². The lowest BCUT2D eigenvalue weighted by molar-refractivity contribution is 0.0208. The molecule has 0 aliphatic carbocycles. The van der Waals surface area contributed by atoms with E-state index in [9.17, 15) is 0 Å². The number of aromatic nitrogens is 2. The maximum Gasteiger partial charge on any atom is 0.258 e. The monoisotopic (exact) mass is 309 g/mol. The quantitative estimate of drug-likeness (QED) is 0.921. The van der Waals surface area contributed by atoms with Gasteiger partial charge >= 0.3 is 0 Å². The van der Waals surface area contributed by atoms with Gasteiger partial charge in [0.05, 0.1) is 6.61 Å². The van der Waals surface area contributed by atoms with Crippen molar-refractivity contribution in [1.82, 2.24) is 15.5 Å². The maximum absolute atomic E-state index is 5.58. The van der Waals surface area contributed by atoms with Crippen molar-refractivity contribution in [2.75, 3.05) is 19.7 Å². The van der Waals surface area contributed by atoms with E-state index < -0.39 is 0 Å². The lowest BCUT2D eigenvalue weighted by Gasteiger charge is -2.20. The molecule has 2 aromatic rings. The van der Waals surface area contributed by atoms with E-state index in [1.165, 1.54) is 0 Å². The second-order valence-corrected chi connectivity index (χ2v) is 4.95. The van der Waals surface area contributed by atoms with Crippen molar-refractivity contribution in [2.45, 2.75) is 6.10 Å². The number of halogens is 1. The van der Waals surface area contributed by atoms with Gasteiger partial charge < -0.3 is 14.6 Å². The van der Waals surface area contributed by atoms with Gasteiger partial charge in [0.25, 0.3) is 5.89 Å². The Morgan fingerprint density at radius 1 is 1.39 bits per heavy atom. The van der Waals surface area contributed by atoms with E-state index >= 15 is 0 Å². The van der Waals surface area contributed by atoms with E-state index in [1.54, 1.807) is 0 Å². The molecule has 1 fully saturated rings. The van der Waals surface area contributed by atoms with Crippen LogP contribution in [0.3, 0.4) is 0 Å². The molecule has 1 saturated heterocycles. The maximum atomic E-state index is 5.58. The van der Waals surface area contributed by atoms with Gasteiger partial charge in [-0.15, -0.1) is 0 Å². The van der Waals surface area contributed by atoms with E-state index in [0.717, 1.165) is 23.1 Å². The number of ether oxygens (including phenoxy) is 1. The van der Waals surface area contributed by atoms with Crippen molar-refractivity contribution in [3.05, 3.63) is 34.6 Å². The highest BCUT2D eigenvalue weighted by Crippen LogP contribution is 2.23. The van der Waals surface area contributed by atoms with Crippen LogP contribution in [0.15, 0.2) is 33.3 Å². The standard InChI is InChI=1S/C12H12BrN3O2/c13-9-3-1-2-8(6-9)12-15-11(16-18-12)10-7-14-4-5-17-10/h1-3,6,10,14H,4-5,7H2. The molecule has 6 heteroatoms. The zero-order valence-electron chi connectivity index (χ0n) is 9.60. The van der Waals surface area contributed by atoms with Gasteiger partial charge in [-0.3, -0.25) is 0 Å². The minimum atomic E-state index is -0.122. The zero-order valence-corrected chi connectivity index (χ0v) is 11.2. The summed E-state index contributed by atoms with van der Waals surface area (Å²) in [6, 6.07) is 7.76. The van der Waals surface area contributed by atoms with Crippen LogP contribution in [0.4, 0.5) is 0 Å². The zero-order chi connectivity index (χ0) is 12.4. The van der Waals surface area contributed by atoms with Crippen molar-refractivity contribution in [2.24, 2.45) is 0 Å². The Balaban J connectivity index is 1.84. The van der Waals surface area contributed by atoms with Gasteiger partial charge in [-0.05, 0) is 18.2 Å². The first-order valence-corrected chi connectivity index (χ1v) is 6.54. The third kappa shape index (κ3) is 2.45. The number of morpholine rings is 1. The molecule has 5 nitrogen and oxygen atoms in total. The summed E-state index contributed by atoms with van der Waals surface area (Å²) in [4.78, 5) is 4.38. The molecule has 0 bridgehead atoms. The molecule has 1 unspecified atom stereocenters. The molecule has 18 heavy (non-hydrogen) atoms.